The lowest BCUT2D eigenvalue weighted by Gasteiger charge is -2.37. The van der Waals surface area contributed by atoms with Gasteiger partial charge >= 0.3 is 0 Å². The van der Waals surface area contributed by atoms with E-state index in [1.165, 1.54) is 0 Å². The number of fused-ring (bicyclic) bond motifs is 1. The first-order chi connectivity index (χ1) is 18.9. The molecule has 2 aromatic heterocycles. The number of hydrogen-bond donors (Lipinski definition) is 1. The van der Waals surface area contributed by atoms with Crippen molar-refractivity contribution in [2.75, 3.05) is 26.7 Å². The summed E-state index contributed by atoms with van der Waals surface area (Å²) >= 11 is 0. The van der Waals surface area contributed by atoms with E-state index in [0.717, 1.165) is 11.1 Å². The van der Waals surface area contributed by atoms with E-state index >= 15 is 0 Å². The SMILES string of the molecule is C[C@H]1CN([C@@H](C)CO)C(=O)c2cc(C#CCc3ccccc3)cnc2O[C@@H]1CN(C)C(=O)Cc1cccnc1. The molecular weight excluding hydrogens is 492 g/mol. The number of nitrogens with zero attached hydrogens (tertiary/aromatic N) is 4. The van der Waals surface area contributed by atoms with Crippen LogP contribution in [0, 0.1) is 17.8 Å². The number of aliphatic hydroxyl groups excluding tert-OH is 1. The van der Waals surface area contributed by atoms with Crippen LogP contribution < -0.4 is 4.74 Å². The highest BCUT2D eigenvalue weighted by molar-refractivity contribution is 5.97. The Bertz CT molecular complexity index is 1340. The Hall–Kier alpha value is -4.22. The zero-order chi connectivity index (χ0) is 27.8. The summed E-state index contributed by atoms with van der Waals surface area (Å²) in [6.45, 7) is 4.28. The fraction of sp³-hybridized carbons (Fsp3) is 0.355. The van der Waals surface area contributed by atoms with Crippen LogP contribution in [0.3, 0.4) is 0 Å². The molecule has 0 unspecified atom stereocenters. The van der Waals surface area contributed by atoms with Crippen molar-refractivity contribution in [3.8, 4) is 17.7 Å². The molecule has 0 fully saturated rings. The third kappa shape index (κ3) is 7.21. The van der Waals surface area contributed by atoms with Gasteiger partial charge in [-0.2, -0.15) is 0 Å². The maximum absolute atomic E-state index is 13.6. The molecule has 1 aromatic carbocycles. The number of carbonyl (C=O) groups excluding carboxylic acids is 2. The second-order valence-electron chi connectivity index (χ2n) is 9.98. The molecule has 0 aliphatic carbocycles. The van der Waals surface area contributed by atoms with Crippen LogP contribution in [0.15, 0.2) is 67.1 Å². The van der Waals surface area contributed by atoms with Crippen molar-refractivity contribution in [3.63, 3.8) is 0 Å². The van der Waals surface area contributed by atoms with E-state index in [9.17, 15) is 14.7 Å². The number of carbonyl (C=O) groups is 2. The lowest BCUT2D eigenvalue weighted by atomic mass is 9.99. The summed E-state index contributed by atoms with van der Waals surface area (Å²) in [5.41, 5.74) is 2.84. The van der Waals surface area contributed by atoms with Crippen LogP contribution >= 0.6 is 0 Å². The number of aliphatic hydroxyl groups is 1. The normalized spacial score (nSPS) is 17.5. The molecule has 3 heterocycles. The van der Waals surface area contributed by atoms with Crippen LogP contribution in [0.4, 0.5) is 0 Å². The summed E-state index contributed by atoms with van der Waals surface area (Å²) in [6, 6.07) is 14.9. The molecule has 2 amide bonds. The predicted octanol–water partition coefficient (Wildman–Crippen LogP) is 2.99. The zero-order valence-electron chi connectivity index (χ0n) is 22.6. The van der Waals surface area contributed by atoms with Gasteiger partial charge in [-0.15, -0.1) is 0 Å². The molecule has 1 N–H and O–H groups in total. The lowest BCUT2D eigenvalue weighted by Crippen LogP contribution is -2.50. The molecule has 3 atom stereocenters. The van der Waals surface area contributed by atoms with Gasteiger partial charge in [0.25, 0.3) is 5.91 Å². The molecule has 8 heteroatoms. The number of rotatable bonds is 7. The molecule has 1 aliphatic rings. The first-order valence-corrected chi connectivity index (χ1v) is 13.1. The highest BCUT2D eigenvalue weighted by Crippen LogP contribution is 2.27. The van der Waals surface area contributed by atoms with Gasteiger partial charge in [-0.05, 0) is 30.2 Å². The first-order valence-electron chi connectivity index (χ1n) is 13.1. The summed E-state index contributed by atoms with van der Waals surface area (Å²) < 4.78 is 6.31. The Morgan fingerprint density at radius 1 is 1.21 bits per heavy atom. The Morgan fingerprint density at radius 2 is 1.97 bits per heavy atom. The van der Waals surface area contributed by atoms with Gasteiger partial charge in [0, 0.05) is 50.1 Å². The number of pyridine rings is 2. The van der Waals surface area contributed by atoms with Crippen LogP contribution in [-0.2, 0) is 17.6 Å². The Morgan fingerprint density at radius 3 is 2.69 bits per heavy atom. The number of likely N-dealkylation sites (N-methyl/N-ethyl adjacent to an activating group) is 1. The summed E-state index contributed by atoms with van der Waals surface area (Å²) in [6.07, 6.45) is 5.35. The van der Waals surface area contributed by atoms with Gasteiger partial charge < -0.3 is 19.6 Å². The molecular formula is C31H34N4O4. The number of amides is 2. The van der Waals surface area contributed by atoms with Crippen molar-refractivity contribution in [2.45, 2.75) is 38.8 Å². The topological polar surface area (TPSA) is 95.9 Å². The maximum atomic E-state index is 13.6. The number of benzene rings is 1. The molecule has 0 spiro atoms. The molecule has 202 valence electrons. The highest BCUT2D eigenvalue weighted by Gasteiger charge is 2.34. The standard InChI is InChI=1S/C31H34N4O4/c1-22-19-35(23(2)21-36)31(38)27-15-25(12-7-11-24-9-5-4-6-10-24)18-33-30(27)39-28(22)20-34(3)29(37)16-26-13-8-14-32-17-26/h4-6,8-10,13-15,17-18,22-23,28,36H,11,16,19-21H2,1-3H3/t22-,23-,28+/m0/s1. The monoisotopic (exact) mass is 526 g/mol. The van der Waals surface area contributed by atoms with Crippen molar-refractivity contribution in [1.29, 1.82) is 0 Å². The third-order valence-electron chi connectivity index (χ3n) is 6.85. The van der Waals surface area contributed by atoms with E-state index in [1.54, 1.807) is 47.6 Å². The van der Waals surface area contributed by atoms with Gasteiger partial charge in [-0.25, -0.2) is 4.98 Å². The van der Waals surface area contributed by atoms with Crippen LogP contribution in [0.2, 0.25) is 0 Å². The zero-order valence-corrected chi connectivity index (χ0v) is 22.6. The Kier molecular flexibility index (Phi) is 9.29. The van der Waals surface area contributed by atoms with Crippen molar-refractivity contribution in [2.24, 2.45) is 5.92 Å². The average Bonchev–Trinajstić information content (AvgIpc) is 2.95. The van der Waals surface area contributed by atoms with Crippen molar-refractivity contribution in [3.05, 3.63) is 89.4 Å². The van der Waals surface area contributed by atoms with Gasteiger partial charge in [0.05, 0.1) is 25.6 Å². The number of aromatic nitrogens is 2. The quantitative estimate of drug-likeness (QED) is 0.476. The Balaban J connectivity index is 1.57. The van der Waals surface area contributed by atoms with E-state index in [2.05, 4.69) is 21.8 Å². The second-order valence-corrected chi connectivity index (χ2v) is 9.98. The highest BCUT2D eigenvalue weighted by atomic mass is 16.5. The van der Waals surface area contributed by atoms with E-state index in [4.69, 9.17) is 4.74 Å². The number of ether oxygens (including phenoxy) is 1. The third-order valence-corrected chi connectivity index (χ3v) is 6.85. The van der Waals surface area contributed by atoms with Crippen molar-refractivity contribution >= 4 is 11.8 Å². The van der Waals surface area contributed by atoms with Crippen LogP contribution in [0.1, 0.15) is 40.9 Å². The molecule has 0 bridgehead atoms. The largest absolute Gasteiger partial charge is 0.472 e. The summed E-state index contributed by atoms with van der Waals surface area (Å²) in [7, 11) is 1.74. The van der Waals surface area contributed by atoms with Crippen molar-refractivity contribution in [1.82, 2.24) is 19.8 Å². The number of hydrogen-bond acceptors (Lipinski definition) is 6. The van der Waals surface area contributed by atoms with Gasteiger partial charge in [0.2, 0.25) is 11.8 Å². The summed E-state index contributed by atoms with van der Waals surface area (Å²) in [4.78, 5) is 38.4. The molecule has 0 saturated carbocycles. The van der Waals surface area contributed by atoms with Crippen LogP contribution in [0.5, 0.6) is 5.88 Å². The average molecular weight is 527 g/mol. The Labute approximate surface area is 229 Å². The van der Waals surface area contributed by atoms with Crippen LogP contribution in [0.25, 0.3) is 0 Å². The molecule has 0 radical (unpaired) electrons. The van der Waals surface area contributed by atoms with E-state index < -0.39 is 12.1 Å². The predicted molar refractivity (Wildman–Crippen MR) is 148 cm³/mol. The van der Waals surface area contributed by atoms with Gasteiger partial charge in [-0.3, -0.25) is 14.6 Å². The smallest absolute Gasteiger partial charge is 0.259 e. The van der Waals surface area contributed by atoms with E-state index in [-0.39, 0.29) is 36.6 Å². The molecule has 8 nitrogen and oxygen atoms in total. The van der Waals surface area contributed by atoms with E-state index in [0.29, 0.717) is 30.6 Å². The molecule has 1 aliphatic heterocycles. The van der Waals surface area contributed by atoms with Gasteiger partial charge in [0.1, 0.15) is 11.7 Å². The molecule has 0 saturated heterocycles. The minimum Gasteiger partial charge on any atom is -0.472 e. The van der Waals surface area contributed by atoms with E-state index in [1.807, 2.05) is 50.2 Å². The minimum absolute atomic E-state index is 0.0604. The lowest BCUT2D eigenvalue weighted by molar-refractivity contribution is -0.130. The summed E-state index contributed by atoms with van der Waals surface area (Å²) in [5.74, 6) is 5.99. The fourth-order valence-corrected chi connectivity index (χ4v) is 4.42. The summed E-state index contributed by atoms with van der Waals surface area (Å²) in [5, 5.41) is 9.88. The maximum Gasteiger partial charge on any atom is 0.259 e. The van der Waals surface area contributed by atoms with Gasteiger partial charge in [-0.1, -0.05) is 55.2 Å². The molecule has 39 heavy (non-hydrogen) atoms. The van der Waals surface area contributed by atoms with Crippen LogP contribution in [-0.4, -0.2) is 75.6 Å². The van der Waals surface area contributed by atoms with Crippen molar-refractivity contribution < 1.29 is 19.4 Å². The molecule has 3 aromatic rings. The minimum atomic E-state index is -0.421. The van der Waals surface area contributed by atoms with Gasteiger partial charge in [0.15, 0.2) is 0 Å². The molecule has 4 rings (SSSR count). The fourth-order valence-electron chi connectivity index (χ4n) is 4.42. The second kappa shape index (κ2) is 13.0. The first kappa shape index (κ1) is 27.8.